The maximum Gasteiger partial charge on any atom is 0.573 e. The van der Waals surface area contributed by atoms with Gasteiger partial charge in [-0.2, -0.15) is 26.3 Å². The number of amides is 1. The molecule has 2 atom stereocenters. The first kappa shape index (κ1) is 27.3. The lowest BCUT2D eigenvalue weighted by atomic mass is 9.97. The largest absolute Gasteiger partial charge is 0.573 e. The van der Waals surface area contributed by atoms with Crippen molar-refractivity contribution < 1.29 is 53.8 Å². The molecule has 198 valence electrons. The van der Waals surface area contributed by atoms with Crippen molar-refractivity contribution in [3.63, 3.8) is 0 Å². The highest BCUT2D eigenvalue weighted by atomic mass is 19.4. The van der Waals surface area contributed by atoms with Crippen molar-refractivity contribution in [2.75, 3.05) is 11.9 Å². The van der Waals surface area contributed by atoms with Gasteiger partial charge in [0.15, 0.2) is 0 Å². The number of carbonyl (C=O) groups excluding carboxylic acids is 1. The molecule has 0 saturated carbocycles. The minimum atomic E-state index is -5.10. The van der Waals surface area contributed by atoms with Gasteiger partial charge in [-0.3, -0.25) is 4.90 Å². The molecule has 0 spiro atoms. The maximum atomic E-state index is 13.2. The van der Waals surface area contributed by atoms with Crippen molar-refractivity contribution in [3.05, 3.63) is 58.7 Å². The summed E-state index contributed by atoms with van der Waals surface area (Å²) in [7, 11) is 0. The number of hydrogen-bond acceptors (Lipinski definition) is 4. The molecule has 0 aliphatic carbocycles. The van der Waals surface area contributed by atoms with Gasteiger partial charge < -0.3 is 14.8 Å². The molecule has 0 aromatic heterocycles. The van der Waals surface area contributed by atoms with Crippen molar-refractivity contribution in [2.24, 2.45) is 0 Å². The number of cyclic esters (lactones) is 1. The van der Waals surface area contributed by atoms with Crippen LogP contribution in [0.2, 0.25) is 0 Å². The van der Waals surface area contributed by atoms with Crippen molar-refractivity contribution in [1.29, 1.82) is 0 Å². The Balaban J connectivity index is 1.96. The Kier molecular flexibility index (Phi) is 7.29. The van der Waals surface area contributed by atoms with Crippen LogP contribution in [0.25, 0.3) is 0 Å². The normalized spacial score (nSPS) is 18.9. The van der Waals surface area contributed by atoms with Crippen LogP contribution in [0.1, 0.15) is 42.2 Å². The lowest BCUT2D eigenvalue weighted by molar-refractivity contribution is -0.274. The van der Waals surface area contributed by atoms with Crippen LogP contribution in [0.3, 0.4) is 0 Å². The molecule has 1 aliphatic heterocycles. The summed E-state index contributed by atoms with van der Waals surface area (Å²) >= 11 is 0. The Morgan fingerprint density at radius 2 is 1.53 bits per heavy atom. The average molecular weight is 530 g/mol. The summed E-state index contributed by atoms with van der Waals surface area (Å²) < 4.78 is 126. The van der Waals surface area contributed by atoms with Crippen LogP contribution in [0, 0.1) is 0 Å². The van der Waals surface area contributed by atoms with Crippen LogP contribution in [-0.4, -0.2) is 29.9 Å². The summed E-state index contributed by atoms with van der Waals surface area (Å²) in [5.74, 6) is -0.580. The first-order valence-electron chi connectivity index (χ1n) is 10.4. The third-order valence-corrected chi connectivity index (χ3v) is 5.35. The quantitative estimate of drug-likeness (QED) is 0.404. The number of nitrogens with one attached hydrogen (secondary N) is 1. The third kappa shape index (κ3) is 6.26. The highest BCUT2D eigenvalue weighted by molar-refractivity contribution is 5.72. The molecule has 1 saturated heterocycles. The zero-order valence-electron chi connectivity index (χ0n) is 18.6. The van der Waals surface area contributed by atoms with Gasteiger partial charge in [-0.05, 0) is 61.4 Å². The number of anilines is 1. The SMILES string of the molecule is CCNc1ccc(OC(F)(F)F)cc1CN1C(=O)O[C@H](c2cc(C(F)(F)F)cc(C(F)(F)F)c2)[C@H]1C. The zero-order valence-corrected chi connectivity index (χ0v) is 18.6. The second-order valence-electron chi connectivity index (χ2n) is 7.91. The monoisotopic (exact) mass is 530 g/mol. The molecule has 3 rings (SSSR count). The summed E-state index contributed by atoms with van der Waals surface area (Å²) in [6.07, 6.45) is -17.7. The second-order valence-corrected chi connectivity index (χ2v) is 7.91. The number of hydrogen-bond donors (Lipinski definition) is 1. The minimum absolute atomic E-state index is 0.0441. The number of ether oxygens (including phenoxy) is 2. The summed E-state index contributed by atoms with van der Waals surface area (Å²) in [5.41, 5.74) is -3.17. The van der Waals surface area contributed by atoms with Gasteiger partial charge in [0.05, 0.1) is 23.7 Å². The standard InChI is InChI=1S/C22H19F9N2O3/c1-3-32-17-5-4-16(36-22(29,30)31)8-13(17)10-33-11(2)18(35-19(33)34)12-6-14(20(23,24)25)9-15(7-12)21(26,27)28/h4-9,11,18,32H,3,10H2,1-2H3/t11-,18+/m1/s1. The number of rotatable bonds is 6. The fourth-order valence-corrected chi connectivity index (χ4v) is 3.75. The molecule has 2 aromatic rings. The maximum absolute atomic E-state index is 13.2. The zero-order chi connectivity index (χ0) is 27.1. The highest BCUT2D eigenvalue weighted by Gasteiger charge is 2.43. The van der Waals surface area contributed by atoms with E-state index in [4.69, 9.17) is 4.74 Å². The number of benzene rings is 2. The molecule has 1 N–H and O–H groups in total. The molecule has 0 bridgehead atoms. The summed E-state index contributed by atoms with van der Waals surface area (Å²) in [5, 5.41) is 2.90. The minimum Gasteiger partial charge on any atom is -0.439 e. The fraction of sp³-hybridized carbons (Fsp3) is 0.409. The number of carbonyl (C=O) groups is 1. The van der Waals surface area contributed by atoms with Gasteiger partial charge in [0.1, 0.15) is 11.9 Å². The van der Waals surface area contributed by atoms with Gasteiger partial charge in [-0.15, -0.1) is 13.2 Å². The van der Waals surface area contributed by atoms with E-state index < -0.39 is 59.4 Å². The van der Waals surface area contributed by atoms with Gasteiger partial charge in [0, 0.05) is 12.2 Å². The van der Waals surface area contributed by atoms with E-state index in [1.165, 1.54) is 13.0 Å². The first-order valence-corrected chi connectivity index (χ1v) is 10.4. The molecule has 14 heteroatoms. The van der Waals surface area contributed by atoms with E-state index >= 15 is 0 Å². The Hall–Kier alpha value is -3.32. The Morgan fingerprint density at radius 1 is 0.944 bits per heavy atom. The van der Waals surface area contributed by atoms with Gasteiger partial charge in [0.25, 0.3) is 0 Å². The second kappa shape index (κ2) is 9.62. The Morgan fingerprint density at radius 3 is 2.03 bits per heavy atom. The Bertz CT molecular complexity index is 1080. The molecule has 1 aliphatic rings. The van der Waals surface area contributed by atoms with E-state index in [1.807, 2.05) is 0 Å². The molecule has 1 fully saturated rings. The van der Waals surface area contributed by atoms with E-state index in [-0.39, 0.29) is 18.2 Å². The lowest BCUT2D eigenvalue weighted by Crippen LogP contribution is -2.32. The van der Waals surface area contributed by atoms with Crippen molar-refractivity contribution >= 4 is 11.8 Å². The van der Waals surface area contributed by atoms with Gasteiger partial charge in [0.2, 0.25) is 0 Å². The van der Waals surface area contributed by atoms with Crippen LogP contribution in [0.5, 0.6) is 5.75 Å². The van der Waals surface area contributed by atoms with Crippen LogP contribution < -0.4 is 10.1 Å². The van der Waals surface area contributed by atoms with Crippen LogP contribution in [-0.2, 0) is 23.6 Å². The fourth-order valence-electron chi connectivity index (χ4n) is 3.75. The summed E-state index contributed by atoms with van der Waals surface area (Å²) in [6.45, 7) is 3.04. The molecule has 1 amide bonds. The molecule has 0 unspecified atom stereocenters. The van der Waals surface area contributed by atoms with E-state index in [9.17, 15) is 44.3 Å². The van der Waals surface area contributed by atoms with Crippen LogP contribution >= 0.6 is 0 Å². The average Bonchev–Trinajstić information content (AvgIpc) is 3.01. The lowest BCUT2D eigenvalue weighted by Gasteiger charge is -2.24. The summed E-state index contributed by atoms with van der Waals surface area (Å²) in [4.78, 5) is 13.5. The number of halogens is 9. The van der Waals surface area contributed by atoms with Crippen LogP contribution in [0.15, 0.2) is 36.4 Å². The molecule has 1 heterocycles. The number of nitrogens with zero attached hydrogens (tertiary/aromatic N) is 1. The van der Waals surface area contributed by atoms with E-state index in [0.717, 1.165) is 17.0 Å². The van der Waals surface area contributed by atoms with Crippen molar-refractivity contribution in [2.45, 2.75) is 51.3 Å². The van der Waals surface area contributed by atoms with Crippen molar-refractivity contribution in [1.82, 2.24) is 4.90 Å². The smallest absolute Gasteiger partial charge is 0.439 e. The predicted molar refractivity (Wildman–Crippen MR) is 108 cm³/mol. The Labute approximate surface area is 198 Å². The van der Waals surface area contributed by atoms with Gasteiger partial charge in [-0.25, -0.2) is 4.79 Å². The van der Waals surface area contributed by atoms with Gasteiger partial charge in [-0.1, -0.05) is 0 Å². The first-order chi connectivity index (χ1) is 16.5. The van der Waals surface area contributed by atoms with E-state index in [2.05, 4.69) is 10.1 Å². The predicted octanol–water partition coefficient (Wildman–Crippen LogP) is 7.14. The van der Waals surface area contributed by atoms with Gasteiger partial charge >= 0.3 is 24.8 Å². The number of alkyl halides is 9. The third-order valence-electron chi connectivity index (χ3n) is 5.35. The van der Waals surface area contributed by atoms with E-state index in [0.29, 0.717) is 24.4 Å². The van der Waals surface area contributed by atoms with Crippen LogP contribution in [0.4, 0.5) is 50.0 Å². The van der Waals surface area contributed by atoms with Crippen molar-refractivity contribution in [3.8, 4) is 5.75 Å². The molecular weight excluding hydrogens is 511 g/mol. The molecule has 0 radical (unpaired) electrons. The molecular formula is C22H19F9N2O3. The van der Waals surface area contributed by atoms with E-state index in [1.54, 1.807) is 6.92 Å². The topological polar surface area (TPSA) is 50.8 Å². The molecule has 5 nitrogen and oxygen atoms in total. The summed E-state index contributed by atoms with van der Waals surface area (Å²) in [6, 6.07) is 3.17. The molecule has 2 aromatic carbocycles. The highest BCUT2D eigenvalue weighted by Crippen LogP contribution is 2.41. The molecule has 36 heavy (non-hydrogen) atoms.